The highest BCUT2D eigenvalue weighted by molar-refractivity contribution is 6.31. The van der Waals surface area contributed by atoms with Crippen molar-refractivity contribution in [3.63, 3.8) is 0 Å². The van der Waals surface area contributed by atoms with Gasteiger partial charge in [0, 0.05) is 30.4 Å². The molecule has 0 radical (unpaired) electrons. The minimum atomic E-state index is -0.150. The van der Waals surface area contributed by atoms with Crippen molar-refractivity contribution in [1.82, 2.24) is 15.5 Å². The smallest absolute Gasteiger partial charge is 0.257 e. The monoisotopic (exact) mass is 400 g/mol. The van der Waals surface area contributed by atoms with E-state index in [0.717, 1.165) is 41.9 Å². The van der Waals surface area contributed by atoms with Gasteiger partial charge in [0.15, 0.2) is 0 Å². The quantitative estimate of drug-likeness (QED) is 0.706. The third-order valence-corrected chi connectivity index (χ3v) is 5.24. The topological polar surface area (TPSA) is 80.5 Å². The Morgan fingerprint density at radius 2 is 2.29 bits per heavy atom. The number of methoxy groups -OCH3 is 1. The maximum Gasteiger partial charge on any atom is 0.257 e. The van der Waals surface area contributed by atoms with E-state index in [4.69, 9.17) is 20.9 Å². The molecule has 1 aliphatic heterocycles. The van der Waals surface area contributed by atoms with Gasteiger partial charge in [-0.15, -0.1) is 0 Å². The largest absolute Gasteiger partial charge is 0.495 e. The lowest BCUT2D eigenvalue weighted by atomic mass is 10.1. The van der Waals surface area contributed by atoms with E-state index in [0.29, 0.717) is 22.8 Å². The van der Waals surface area contributed by atoms with Crippen LogP contribution in [0.15, 0.2) is 35.0 Å². The number of hydrogen-bond acceptors (Lipinski definition) is 6. The second-order valence-corrected chi connectivity index (χ2v) is 7.22. The van der Waals surface area contributed by atoms with E-state index in [9.17, 15) is 4.79 Å². The summed E-state index contributed by atoms with van der Waals surface area (Å²) in [7, 11) is 1.64. The average Bonchev–Trinajstić information content (AvgIpc) is 3.34. The fourth-order valence-electron chi connectivity index (χ4n) is 3.53. The molecule has 3 heterocycles. The van der Waals surface area contributed by atoms with Crippen LogP contribution in [0.5, 0.6) is 5.75 Å². The van der Waals surface area contributed by atoms with Crippen LogP contribution in [0.1, 0.15) is 29.4 Å². The molecule has 0 saturated carbocycles. The normalized spacial score (nSPS) is 16.5. The summed E-state index contributed by atoms with van der Waals surface area (Å²) >= 11 is 6.14. The number of aryl methyl sites for hydroxylation is 1. The fraction of sp³-hybridized carbons (Fsp3) is 0.350. The third kappa shape index (κ3) is 3.49. The van der Waals surface area contributed by atoms with Gasteiger partial charge in [0.05, 0.1) is 29.4 Å². The first-order valence-electron chi connectivity index (χ1n) is 9.22. The van der Waals surface area contributed by atoms with Gasteiger partial charge in [0.25, 0.3) is 11.6 Å². The van der Waals surface area contributed by atoms with Crippen LogP contribution in [0.3, 0.4) is 0 Å². The van der Waals surface area contributed by atoms with Gasteiger partial charge < -0.3 is 19.5 Å². The van der Waals surface area contributed by atoms with Gasteiger partial charge in [-0.2, -0.15) is 0 Å². The molecule has 0 aliphatic carbocycles. The van der Waals surface area contributed by atoms with Gasteiger partial charge in [-0.3, -0.25) is 4.79 Å². The number of carbonyl (C=O) groups is 1. The maximum absolute atomic E-state index is 12.7. The fourth-order valence-corrected chi connectivity index (χ4v) is 3.70. The van der Waals surface area contributed by atoms with E-state index >= 15 is 0 Å². The second kappa shape index (κ2) is 7.67. The molecule has 3 aromatic rings. The van der Waals surface area contributed by atoms with E-state index in [-0.39, 0.29) is 11.9 Å². The number of benzene rings is 1. The molecule has 1 aliphatic rings. The van der Waals surface area contributed by atoms with Crippen molar-refractivity contribution in [1.29, 1.82) is 0 Å². The van der Waals surface area contributed by atoms with Crippen molar-refractivity contribution in [2.45, 2.75) is 25.8 Å². The van der Waals surface area contributed by atoms with Crippen LogP contribution in [-0.2, 0) is 6.42 Å². The van der Waals surface area contributed by atoms with Crippen LogP contribution < -0.4 is 15.0 Å². The van der Waals surface area contributed by atoms with Crippen LogP contribution in [-0.4, -0.2) is 42.3 Å². The summed E-state index contributed by atoms with van der Waals surface area (Å²) in [5, 5.41) is 8.52. The Morgan fingerprint density at radius 1 is 1.43 bits per heavy atom. The summed E-state index contributed by atoms with van der Waals surface area (Å²) in [6.45, 7) is 3.48. The SMILES string of the molecule is CCc1noc2ncc(C(=O)NC3CCN(c4cc(Cl)ccc4OC)C3)cc12. The highest BCUT2D eigenvalue weighted by atomic mass is 35.5. The Bertz CT molecular complexity index is 1020. The van der Waals surface area contributed by atoms with Crippen LogP contribution in [0.2, 0.25) is 5.02 Å². The summed E-state index contributed by atoms with van der Waals surface area (Å²) in [5.74, 6) is 0.619. The zero-order chi connectivity index (χ0) is 19.7. The predicted octanol–water partition coefficient (Wildman–Crippen LogP) is 3.46. The minimum absolute atomic E-state index is 0.0278. The van der Waals surface area contributed by atoms with E-state index in [1.54, 1.807) is 19.2 Å². The molecule has 1 fully saturated rings. The summed E-state index contributed by atoms with van der Waals surface area (Å²) in [6.07, 6.45) is 3.08. The molecule has 7 nitrogen and oxygen atoms in total. The van der Waals surface area contributed by atoms with E-state index in [2.05, 4.69) is 20.4 Å². The van der Waals surface area contributed by atoms with Gasteiger partial charge in [-0.1, -0.05) is 23.7 Å². The molecular formula is C20H21ClN4O3. The molecule has 1 atom stereocenters. The first kappa shape index (κ1) is 18.6. The number of rotatable bonds is 5. The van der Waals surface area contributed by atoms with Gasteiger partial charge in [0.1, 0.15) is 5.75 Å². The highest BCUT2D eigenvalue weighted by Gasteiger charge is 2.26. The number of carbonyl (C=O) groups excluding carboxylic acids is 1. The van der Waals surface area contributed by atoms with E-state index < -0.39 is 0 Å². The van der Waals surface area contributed by atoms with Crippen molar-refractivity contribution in [3.05, 3.63) is 46.7 Å². The van der Waals surface area contributed by atoms with Crippen molar-refractivity contribution in [2.75, 3.05) is 25.1 Å². The zero-order valence-electron chi connectivity index (χ0n) is 15.7. The number of nitrogens with one attached hydrogen (secondary N) is 1. The number of fused-ring (bicyclic) bond motifs is 1. The number of amides is 1. The lowest BCUT2D eigenvalue weighted by molar-refractivity contribution is 0.0940. The average molecular weight is 401 g/mol. The molecule has 1 aromatic carbocycles. The summed E-state index contributed by atoms with van der Waals surface area (Å²) in [6, 6.07) is 7.37. The molecule has 1 saturated heterocycles. The molecule has 8 heteroatoms. The number of aromatic nitrogens is 2. The number of anilines is 1. The summed E-state index contributed by atoms with van der Waals surface area (Å²) in [5.41, 5.74) is 2.70. The molecule has 1 N–H and O–H groups in total. The van der Waals surface area contributed by atoms with Crippen LogP contribution in [0, 0.1) is 0 Å². The Labute approximate surface area is 167 Å². The third-order valence-electron chi connectivity index (χ3n) is 5.01. The molecule has 2 aromatic heterocycles. The van der Waals surface area contributed by atoms with Crippen LogP contribution in [0.4, 0.5) is 5.69 Å². The molecule has 4 rings (SSSR count). The number of hydrogen-bond donors (Lipinski definition) is 1. The lowest BCUT2D eigenvalue weighted by Crippen LogP contribution is -2.37. The maximum atomic E-state index is 12.7. The lowest BCUT2D eigenvalue weighted by Gasteiger charge is -2.21. The molecule has 0 spiro atoms. The van der Waals surface area contributed by atoms with Crippen LogP contribution in [0.25, 0.3) is 11.1 Å². The number of halogens is 1. The second-order valence-electron chi connectivity index (χ2n) is 6.78. The van der Waals surface area contributed by atoms with Gasteiger partial charge in [-0.25, -0.2) is 4.98 Å². The van der Waals surface area contributed by atoms with Crippen molar-refractivity contribution in [3.8, 4) is 5.75 Å². The van der Waals surface area contributed by atoms with Gasteiger partial charge in [0.2, 0.25) is 0 Å². The number of nitrogens with zero attached hydrogens (tertiary/aromatic N) is 3. The first-order chi connectivity index (χ1) is 13.6. The van der Waals surface area contributed by atoms with Gasteiger partial charge in [-0.05, 0) is 37.1 Å². The Balaban J connectivity index is 1.47. The van der Waals surface area contributed by atoms with E-state index in [1.165, 1.54) is 6.20 Å². The molecule has 28 heavy (non-hydrogen) atoms. The molecular weight excluding hydrogens is 380 g/mol. The van der Waals surface area contributed by atoms with Crippen LogP contribution >= 0.6 is 11.6 Å². The Hall–Kier alpha value is -2.80. The van der Waals surface area contributed by atoms with Gasteiger partial charge >= 0.3 is 0 Å². The summed E-state index contributed by atoms with van der Waals surface area (Å²) in [4.78, 5) is 19.1. The van der Waals surface area contributed by atoms with Crippen molar-refractivity contribution in [2.24, 2.45) is 0 Å². The minimum Gasteiger partial charge on any atom is -0.495 e. The van der Waals surface area contributed by atoms with Crippen molar-refractivity contribution >= 4 is 34.3 Å². The number of pyridine rings is 1. The highest BCUT2D eigenvalue weighted by Crippen LogP contribution is 2.33. The predicted molar refractivity (Wildman–Crippen MR) is 107 cm³/mol. The Kier molecular flexibility index (Phi) is 5.09. The molecule has 1 unspecified atom stereocenters. The first-order valence-corrected chi connectivity index (χ1v) is 9.60. The zero-order valence-corrected chi connectivity index (χ0v) is 16.5. The van der Waals surface area contributed by atoms with Crippen molar-refractivity contribution < 1.29 is 14.1 Å². The molecule has 0 bridgehead atoms. The Morgan fingerprint density at radius 3 is 3.07 bits per heavy atom. The molecule has 1 amide bonds. The standard InChI is InChI=1S/C20H21ClN4O3/c1-3-16-15-8-12(10-22-20(15)28-24-16)19(26)23-14-6-7-25(11-14)17-9-13(21)4-5-18(17)27-2/h4-5,8-10,14H,3,6-7,11H2,1-2H3,(H,23,26). The summed E-state index contributed by atoms with van der Waals surface area (Å²) < 4.78 is 10.6. The van der Waals surface area contributed by atoms with E-state index in [1.807, 2.05) is 19.1 Å². The number of ether oxygens (including phenoxy) is 1. The molecule has 146 valence electrons.